The number of imidazole rings is 1. The first kappa shape index (κ1) is 16.2. The molecule has 5 nitrogen and oxygen atoms in total. The smallest absolute Gasteiger partial charge is 0.222 e. The van der Waals surface area contributed by atoms with E-state index in [1.807, 2.05) is 42.5 Å². The Labute approximate surface area is 148 Å². The Hall–Kier alpha value is -2.30. The van der Waals surface area contributed by atoms with Crippen LogP contribution >= 0.6 is 0 Å². The van der Waals surface area contributed by atoms with Gasteiger partial charge in [0.15, 0.2) is 0 Å². The summed E-state index contributed by atoms with van der Waals surface area (Å²) >= 11 is 0. The summed E-state index contributed by atoms with van der Waals surface area (Å²) in [6, 6.07) is 8.17. The first-order chi connectivity index (χ1) is 12.2. The average molecular weight is 339 g/mol. The minimum Gasteiger partial charge on any atom is -0.490 e. The summed E-state index contributed by atoms with van der Waals surface area (Å²) in [4.78, 5) is 18.2. The fraction of sp³-hybridized carbons (Fsp3) is 0.500. The maximum atomic E-state index is 11.8. The third-order valence-electron chi connectivity index (χ3n) is 5.32. The summed E-state index contributed by atoms with van der Waals surface area (Å²) in [6.45, 7) is 1.62. The molecule has 2 heterocycles. The lowest BCUT2D eigenvalue weighted by Crippen LogP contribution is -2.20. The number of hydrogen-bond donors (Lipinski definition) is 0. The van der Waals surface area contributed by atoms with Gasteiger partial charge in [0.2, 0.25) is 5.91 Å². The van der Waals surface area contributed by atoms with Gasteiger partial charge >= 0.3 is 0 Å². The van der Waals surface area contributed by atoms with Crippen molar-refractivity contribution in [2.24, 2.45) is 5.92 Å². The van der Waals surface area contributed by atoms with E-state index in [1.54, 1.807) is 0 Å². The largest absolute Gasteiger partial charge is 0.490 e. The minimum atomic E-state index is 0.233. The van der Waals surface area contributed by atoms with Crippen LogP contribution in [0.5, 0.6) is 5.75 Å². The number of nitrogens with zero attached hydrogens (tertiary/aromatic N) is 3. The van der Waals surface area contributed by atoms with Gasteiger partial charge in [-0.3, -0.25) is 4.79 Å². The van der Waals surface area contributed by atoms with Crippen molar-refractivity contribution in [1.82, 2.24) is 14.5 Å². The van der Waals surface area contributed by atoms with Gasteiger partial charge in [0.05, 0.1) is 11.7 Å². The van der Waals surface area contributed by atoms with Gasteiger partial charge in [-0.05, 0) is 37.8 Å². The predicted octanol–water partition coefficient (Wildman–Crippen LogP) is 3.35. The Morgan fingerprint density at radius 2 is 2.04 bits per heavy atom. The number of likely N-dealkylation sites (tertiary alicyclic amines) is 1. The van der Waals surface area contributed by atoms with Crippen LogP contribution in [-0.2, 0) is 11.3 Å². The molecule has 1 aromatic heterocycles. The normalized spacial score (nSPS) is 21.2. The fourth-order valence-corrected chi connectivity index (χ4v) is 4.00. The molecule has 1 amide bonds. The molecular weight excluding hydrogens is 314 g/mol. The molecule has 2 aromatic rings. The highest BCUT2D eigenvalue weighted by molar-refractivity contribution is 5.78. The molecule has 0 N–H and O–H groups in total. The molecule has 0 bridgehead atoms. The van der Waals surface area contributed by atoms with Crippen molar-refractivity contribution in [2.45, 2.75) is 44.8 Å². The third-order valence-corrected chi connectivity index (χ3v) is 5.32. The molecule has 5 heteroatoms. The maximum absolute atomic E-state index is 11.8. The Kier molecular flexibility index (Phi) is 4.47. The highest BCUT2D eigenvalue weighted by Crippen LogP contribution is 2.33. The van der Waals surface area contributed by atoms with E-state index in [9.17, 15) is 4.79 Å². The molecule has 2 aliphatic rings. The van der Waals surface area contributed by atoms with E-state index in [-0.39, 0.29) is 5.91 Å². The summed E-state index contributed by atoms with van der Waals surface area (Å²) in [7, 11) is 1.88. The monoisotopic (exact) mass is 339 g/mol. The van der Waals surface area contributed by atoms with Crippen LogP contribution in [0.1, 0.15) is 32.1 Å². The van der Waals surface area contributed by atoms with Crippen molar-refractivity contribution in [3.63, 3.8) is 0 Å². The van der Waals surface area contributed by atoms with Gasteiger partial charge in [-0.25, -0.2) is 4.98 Å². The van der Waals surface area contributed by atoms with Crippen LogP contribution in [0.3, 0.4) is 0 Å². The molecule has 1 saturated carbocycles. The van der Waals surface area contributed by atoms with Crippen molar-refractivity contribution in [3.05, 3.63) is 36.7 Å². The van der Waals surface area contributed by atoms with Gasteiger partial charge in [-0.1, -0.05) is 12.1 Å². The minimum absolute atomic E-state index is 0.233. The fourth-order valence-electron chi connectivity index (χ4n) is 4.00. The molecule has 0 radical (unpaired) electrons. The number of rotatable bonds is 5. The van der Waals surface area contributed by atoms with Crippen LogP contribution in [0.25, 0.3) is 11.4 Å². The van der Waals surface area contributed by atoms with E-state index in [0.29, 0.717) is 18.4 Å². The molecule has 4 rings (SSSR count). The summed E-state index contributed by atoms with van der Waals surface area (Å²) in [6.07, 6.45) is 9.57. The number of amides is 1. The van der Waals surface area contributed by atoms with E-state index < -0.39 is 0 Å². The molecule has 1 unspecified atom stereocenters. The molecule has 132 valence electrons. The molecule has 1 saturated heterocycles. The zero-order chi connectivity index (χ0) is 17.2. The molecule has 1 aromatic carbocycles. The summed E-state index contributed by atoms with van der Waals surface area (Å²) in [5.74, 6) is 2.42. The summed E-state index contributed by atoms with van der Waals surface area (Å²) in [5.41, 5.74) is 1.04. The average Bonchev–Trinajstić information content (AvgIpc) is 3.32. The highest BCUT2D eigenvalue weighted by atomic mass is 16.5. The maximum Gasteiger partial charge on any atom is 0.222 e. The van der Waals surface area contributed by atoms with Crippen LogP contribution in [0.2, 0.25) is 0 Å². The molecule has 0 spiro atoms. The van der Waals surface area contributed by atoms with Gasteiger partial charge in [-0.2, -0.15) is 0 Å². The van der Waals surface area contributed by atoms with Crippen LogP contribution in [-0.4, -0.2) is 40.1 Å². The van der Waals surface area contributed by atoms with E-state index in [4.69, 9.17) is 4.74 Å². The van der Waals surface area contributed by atoms with E-state index >= 15 is 0 Å². The van der Waals surface area contributed by atoms with Crippen LogP contribution in [0, 0.1) is 5.92 Å². The number of aromatic nitrogens is 2. The van der Waals surface area contributed by atoms with Gasteiger partial charge in [-0.15, -0.1) is 0 Å². The first-order valence-corrected chi connectivity index (χ1v) is 9.22. The Bertz CT molecular complexity index is 749. The van der Waals surface area contributed by atoms with Crippen molar-refractivity contribution in [3.8, 4) is 17.1 Å². The molecule has 1 aliphatic carbocycles. The number of para-hydroxylation sites is 1. The second-order valence-electron chi connectivity index (χ2n) is 7.27. The molecule has 1 atom stereocenters. The van der Waals surface area contributed by atoms with Crippen molar-refractivity contribution < 1.29 is 9.53 Å². The van der Waals surface area contributed by atoms with Crippen LogP contribution < -0.4 is 4.74 Å². The summed E-state index contributed by atoms with van der Waals surface area (Å²) in [5, 5.41) is 0. The SMILES string of the molecule is CN1CC(Cn2ccnc2-c2ccccc2OC2CCCC2)CC1=O. The molecule has 2 fully saturated rings. The molecular formula is C20H25N3O2. The zero-order valence-electron chi connectivity index (χ0n) is 14.7. The number of ether oxygens (including phenoxy) is 1. The van der Waals surface area contributed by atoms with Crippen molar-refractivity contribution in [2.75, 3.05) is 13.6 Å². The molecule has 1 aliphatic heterocycles. The number of hydrogen-bond acceptors (Lipinski definition) is 3. The number of carbonyl (C=O) groups excluding carboxylic acids is 1. The quantitative estimate of drug-likeness (QED) is 0.839. The van der Waals surface area contributed by atoms with E-state index in [1.165, 1.54) is 12.8 Å². The topological polar surface area (TPSA) is 47.4 Å². The highest BCUT2D eigenvalue weighted by Gasteiger charge is 2.28. The second-order valence-corrected chi connectivity index (χ2v) is 7.27. The lowest BCUT2D eigenvalue weighted by Gasteiger charge is -2.18. The zero-order valence-corrected chi connectivity index (χ0v) is 14.7. The Morgan fingerprint density at radius 1 is 1.24 bits per heavy atom. The lowest BCUT2D eigenvalue weighted by atomic mass is 10.1. The Morgan fingerprint density at radius 3 is 2.80 bits per heavy atom. The molecule has 25 heavy (non-hydrogen) atoms. The van der Waals surface area contributed by atoms with Gasteiger partial charge in [0.25, 0.3) is 0 Å². The van der Waals surface area contributed by atoms with Crippen LogP contribution in [0.4, 0.5) is 0 Å². The van der Waals surface area contributed by atoms with Crippen molar-refractivity contribution >= 4 is 5.91 Å². The van der Waals surface area contributed by atoms with E-state index in [0.717, 1.165) is 43.1 Å². The second kappa shape index (κ2) is 6.90. The van der Waals surface area contributed by atoms with Gasteiger partial charge in [0, 0.05) is 44.9 Å². The summed E-state index contributed by atoms with van der Waals surface area (Å²) < 4.78 is 8.43. The number of carbonyl (C=O) groups is 1. The third kappa shape index (κ3) is 3.41. The van der Waals surface area contributed by atoms with Gasteiger partial charge in [0.1, 0.15) is 11.6 Å². The van der Waals surface area contributed by atoms with E-state index in [2.05, 4.69) is 15.6 Å². The lowest BCUT2D eigenvalue weighted by molar-refractivity contribution is -0.126. The van der Waals surface area contributed by atoms with Gasteiger partial charge < -0.3 is 14.2 Å². The Balaban J connectivity index is 1.56. The van der Waals surface area contributed by atoms with Crippen LogP contribution in [0.15, 0.2) is 36.7 Å². The predicted molar refractivity (Wildman–Crippen MR) is 96.3 cm³/mol. The standard InChI is InChI=1S/C20H25N3O2/c1-22-13-15(12-19(22)24)14-23-11-10-21-20(23)17-8-4-5-9-18(17)25-16-6-2-3-7-16/h4-5,8-11,15-16H,2-3,6-7,12-14H2,1H3. The van der Waals surface area contributed by atoms with Crippen molar-refractivity contribution in [1.29, 1.82) is 0 Å². The number of benzene rings is 1. The first-order valence-electron chi connectivity index (χ1n) is 9.22.